The Bertz CT molecular complexity index is 222. The second-order valence-corrected chi connectivity index (χ2v) is 10.0. The molecule has 0 spiro atoms. The van der Waals surface area contributed by atoms with Crippen LogP contribution in [0.3, 0.4) is 0 Å². The highest BCUT2D eigenvalue weighted by atomic mass is 35.7. The van der Waals surface area contributed by atoms with Gasteiger partial charge in [-0.25, -0.2) is 0 Å². The SMILES string of the molecule is CC1CCC2C(C1)OP(Cl)SC2(C)C. The van der Waals surface area contributed by atoms with Gasteiger partial charge in [-0.1, -0.05) is 36.0 Å². The van der Waals surface area contributed by atoms with Gasteiger partial charge in [0, 0.05) is 10.7 Å². The van der Waals surface area contributed by atoms with Crippen molar-refractivity contribution in [1.82, 2.24) is 0 Å². The molecule has 2 aliphatic rings. The van der Waals surface area contributed by atoms with Crippen LogP contribution in [0.4, 0.5) is 0 Å². The zero-order valence-electron chi connectivity index (χ0n) is 9.00. The van der Waals surface area contributed by atoms with Gasteiger partial charge in [0.05, 0.1) is 6.10 Å². The van der Waals surface area contributed by atoms with Gasteiger partial charge in [-0.3, -0.25) is 0 Å². The predicted molar refractivity (Wildman–Crippen MR) is 65.8 cm³/mol. The largest absolute Gasteiger partial charge is 0.332 e. The minimum atomic E-state index is -0.753. The third kappa shape index (κ3) is 2.24. The molecular formula is C10H18ClOPS. The fourth-order valence-electron chi connectivity index (χ4n) is 2.62. The third-order valence-corrected chi connectivity index (χ3v) is 7.79. The summed E-state index contributed by atoms with van der Waals surface area (Å²) >= 11 is 8.01. The van der Waals surface area contributed by atoms with Crippen molar-refractivity contribution in [3.8, 4) is 0 Å². The van der Waals surface area contributed by atoms with E-state index in [1.807, 2.05) is 11.4 Å². The number of fused-ring (bicyclic) bond motifs is 1. The van der Waals surface area contributed by atoms with Crippen molar-refractivity contribution >= 4 is 29.3 Å². The van der Waals surface area contributed by atoms with Gasteiger partial charge in [-0.15, -0.1) is 0 Å². The second-order valence-electron chi connectivity index (χ2n) is 5.08. The van der Waals surface area contributed by atoms with Crippen LogP contribution < -0.4 is 0 Å². The van der Waals surface area contributed by atoms with Crippen molar-refractivity contribution in [3.05, 3.63) is 0 Å². The Kier molecular flexibility index (Phi) is 3.39. The van der Waals surface area contributed by atoms with Gasteiger partial charge in [0.1, 0.15) is 0 Å². The number of rotatable bonds is 0. The zero-order valence-corrected chi connectivity index (χ0v) is 11.5. The summed E-state index contributed by atoms with van der Waals surface area (Å²) in [6.45, 7) is 6.22. The van der Waals surface area contributed by atoms with Crippen molar-refractivity contribution in [2.45, 2.75) is 50.9 Å². The first-order valence-corrected chi connectivity index (χ1v) is 8.89. The fourth-order valence-corrected chi connectivity index (χ4v) is 7.77. The van der Waals surface area contributed by atoms with Crippen molar-refractivity contribution < 1.29 is 4.52 Å². The lowest BCUT2D eigenvalue weighted by atomic mass is 9.75. The van der Waals surface area contributed by atoms with E-state index in [0.29, 0.717) is 16.8 Å². The third-order valence-electron chi connectivity index (χ3n) is 3.47. The molecule has 0 aromatic heterocycles. The number of hydrogen-bond acceptors (Lipinski definition) is 2. The monoisotopic (exact) mass is 252 g/mol. The molecule has 1 aliphatic carbocycles. The van der Waals surface area contributed by atoms with Crippen molar-refractivity contribution in [1.29, 1.82) is 0 Å². The van der Waals surface area contributed by atoms with Gasteiger partial charge in [-0.2, -0.15) is 0 Å². The molecule has 1 aliphatic heterocycles. The molecule has 0 aromatic rings. The molecular weight excluding hydrogens is 235 g/mol. The molecule has 1 saturated carbocycles. The maximum absolute atomic E-state index is 6.17. The molecule has 4 unspecified atom stereocenters. The quantitative estimate of drug-likeness (QED) is 0.573. The summed E-state index contributed by atoms with van der Waals surface area (Å²) < 4.78 is 6.21. The summed E-state index contributed by atoms with van der Waals surface area (Å²) in [4.78, 5) is 0. The summed E-state index contributed by atoms with van der Waals surface area (Å²) in [5.41, 5.74) is 0. The molecule has 0 bridgehead atoms. The number of hydrogen-bond donors (Lipinski definition) is 0. The lowest BCUT2D eigenvalue weighted by Crippen LogP contribution is -2.43. The van der Waals surface area contributed by atoms with Gasteiger partial charge in [0.15, 0.2) is 6.70 Å². The Balaban J connectivity index is 2.12. The van der Waals surface area contributed by atoms with E-state index in [2.05, 4.69) is 20.8 Å². The first-order chi connectivity index (χ1) is 6.49. The van der Waals surface area contributed by atoms with Crippen LogP contribution in [-0.4, -0.2) is 10.9 Å². The normalized spacial score (nSPS) is 47.1. The highest BCUT2D eigenvalue weighted by Gasteiger charge is 2.46. The average Bonchev–Trinajstić information content (AvgIpc) is 2.00. The number of halogens is 1. The summed E-state index contributed by atoms with van der Waals surface area (Å²) in [6.07, 6.45) is 4.31. The summed E-state index contributed by atoms with van der Waals surface area (Å²) in [7, 11) is 0. The summed E-state index contributed by atoms with van der Waals surface area (Å²) in [6, 6.07) is 0. The van der Waals surface area contributed by atoms with E-state index in [1.54, 1.807) is 0 Å². The van der Waals surface area contributed by atoms with Crippen LogP contribution in [0.5, 0.6) is 0 Å². The van der Waals surface area contributed by atoms with Crippen LogP contribution in [0.2, 0.25) is 0 Å². The molecule has 14 heavy (non-hydrogen) atoms. The van der Waals surface area contributed by atoms with Gasteiger partial charge in [0.25, 0.3) is 0 Å². The molecule has 1 nitrogen and oxygen atoms in total. The van der Waals surface area contributed by atoms with Gasteiger partial charge >= 0.3 is 0 Å². The molecule has 1 heterocycles. The van der Waals surface area contributed by atoms with Crippen molar-refractivity contribution in [3.63, 3.8) is 0 Å². The standard InChI is InChI=1S/C10H18ClOPS/c1-7-4-5-8-9(6-7)12-13(11)14-10(8,2)3/h7-9H,4-6H2,1-3H3. The van der Waals surface area contributed by atoms with Crippen LogP contribution in [0.25, 0.3) is 0 Å². The zero-order chi connectivity index (χ0) is 10.3. The van der Waals surface area contributed by atoms with Crippen molar-refractivity contribution in [2.24, 2.45) is 11.8 Å². The van der Waals surface area contributed by atoms with E-state index in [9.17, 15) is 0 Å². The van der Waals surface area contributed by atoms with E-state index in [-0.39, 0.29) is 0 Å². The Morgan fingerprint density at radius 3 is 2.86 bits per heavy atom. The van der Waals surface area contributed by atoms with E-state index in [4.69, 9.17) is 15.8 Å². The molecule has 0 radical (unpaired) electrons. The molecule has 2 rings (SSSR count). The maximum Gasteiger partial charge on any atom is 0.189 e. The average molecular weight is 253 g/mol. The molecule has 1 saturated heterocycles. The van der Waals surface area contributed by atoms with Gasteiger partial charge < -0.3 is 4.52 Å². The van der Waals surface area contributed by atoms with Crippen molar-refractivity contribution in [2.75, 3.05) is 0 Å². The molecule has 4 heteroatoms. The first kappa shape index (κ1) is 11.5. The first-order valence-electron chi connectivity index (χ1n) is 5.31. The molecule has 82 valence electrons. The molecule has 4 atom stereocenters. The minimum absolute atomic E-state index is 0.316. The molecule has 2 fully saturated rings. The summed E-state index contributed by atoms with van der Waals surface area (Å²) in [5.74, 6) is 1.52. The second kappa shape index (κ2) is 4.13. The Labute approximate surface area is 96.7 Å². The minimum Gasteiger partial charge on any atom is -0.332 e. The van der Waals surface area contributed by atoms with E-state index in [0.717, 1.165) is 5.92 Å². The fraction of sp³-hybridized carbons (Fsp3) is 1.00. The maximum atomic E-state index is 6.17. The summed E-state index contributed by atoms with van der Waals surface area (Å²) in [5, 5.41) is 0. The lowest BCUT2D eigenvalue weighted by Gasteiger charge is -2.48. The molecule has 0 amide bonds. The Morgan fingerprint density at radius 2 is 2.14 bits per heavy atom. The van der Waals surface area contributed by atoms with Crippen LogP contribution >= 0.6 is 29.3 Å². The Morgan fingerprint density at radius 1 is 1.43 bits per heavy atom. The van der Waals surface area contributed by atoms with Crippen LogP contribution in [0.1, 0.15) is 40.0 Å². The van der Waals surface area contributed by atoms with E-state index < -0.39 is 6.70 Å². The van der Waals surface area contributed by atoms with Crippen LogP contribution in [0.15, 0.2) is 0 Å². The molecule has 0 N–H and O–H groups in total. The smallest absolute Gasteiger partial charge is 0.189 e. The van der Waals surface area contributed by atoms with E-state index in [1.165, 1.54) is 19.3 Å². The highest BCUT2D eigenvalue weighted by molar-refractivity contribution is 8.62. The Hall–Kier alpha value is 1.03. The molecule has 0 aromatic carbocycles. The van der Waals surface area contributed by atoms with E-state index >= 15 is 0 Å². The highest BCUT2D eigenvalue weighted by Crippen LogP contribution is 2.69. The van der Waals surface area contributed by atoms with Crippen LogP contribution in [-0.2, 0) is 4.52 Å². The van der Waals surface area contributed by atoms with Gasteiger partial charge in [0.2, 0.25) is 0 Å². The lowest BCUT2D eigenvalue weighted by molar-refractivity contribution is 0.0641. The topological polar surface area (TPSA) is 9.23 Å². The van der Waals surface area contributed by atoms with Gasteiger partial charge in [-0.05, 0) is 32.6 Å². The van der Waals surface area contributed by atoms with Crippen LogP contribution in [0, 0.1) is 11.8 Å². The predicted octanol–water partition coefficient (Wildman–Crippen LogP) is 4.80.